The molecule has 0 aromatic rings. The van der Waals surface area contributed by atoms with Crippen LogP contribution in [-0.4, -0.2) is 14.9 Å². The maximum atomic E-state index is 9.24. The standard InChI is InChI=1S/C2H3OSe/c1-2-4-3/h2H,1H2. The Balaban J connectivity index is 2.73. The first-order valence-corrected chi connectivity index (χ1v) is 2.50. The first kappa shape index (κ1) is 4.06. The molecule has 0 amide bonds. The third-order valence-corrected chi connectivity index (χ3v) is 0.354. The molecule has 0 aliphatic rings. The van der Waals surface area contributed by atoms with Crippen LogP contribution in [-0.2, 0) is 3.83 Å². The van der Waals surface area contributed by atoms with Crippen LogP contribution in [0.4, 0.5) is 0 Å². The van der Waals surface area contributed by atoms with Gasteiger partial charge in [-0.3, -0.25) is 0 Å². The molecule has 2 heteroatoms. The van der Waals surface area contributed by atoms with E-state index in [0.717, 1.165) is 0 Å². The minimum absolute atomic E-state index is 0.569. The van der Waals surface area contributed by atoms with Crippen molar-refractivity contribution in [3.63, 3.8) is 0 Å². The van der Waals surface area contributed by atoms with Gasteiger partial charge in [0.25, 0.3) is 0 Å². The van der Waals surface area contributed by atoms with Gasteiger partial charge < -0.3 is 0 Å². The van der Waals surface area contributed by atoms with E-state index < -0.39 is 14.9 Å². The molecule has 1 nitrogen and oxygen atoms in total. The van der Waals surface area contributed by atoms with E-state index in [-0.39, 0.29) is 0 Å². The quantitative estimate of drug-likeness (QED) is 0.453. The van der Waals surface area contributed by atoms with Gasteiger partial charge in [0, 0.05) is 0 Å². The Labute approximate surface area is 31.1 Å². The Morgan fingerprint density at radius 3 is 2.25 bits per heavy atom. The minimum atomic E-state index is -0.569. The van der Waals surface area contributed by atoms with E-state index in [4.69, 9.17) is 0 Å². The third kappa shape index (κ3) is 2.06. The summed E-state index contributed by atoms with van der Waals surface area (Å²) < 4.78 is 9.24. The summed E-state index contributed by atoms with van der Waals surface area (Å²) >= 11 is -0.569. The first-order valence-electron chi connectivity index (χ1n) is 0.811. The summed E-state index contributed by atoms with van der Waals surface area (Å²) in [5, 5.41) is 0. The van der Waals surface area contributed by atoms with Crippen molar-refractivity contribution in [1.29, 1.82) is 0 Å². The van der Waals surface area contributed by atoms with Crippen LogP contribution < -0.4 is 0 Å². The average Bonchev–Trinajstić information content (AvgIpc) is 1.37. The van der Waals surface area contributed by atoms with E-state index in [2.05, 4.69) is 6.58 Å². The van der Waals surface area contributed by atoms with Crippen molar-refractivity contribution in [1.82, 2.24) is 0 Å². The number of hydrogen-bond donors (Lipinski definition) is 0. The van der Waals surface area contributed by atoms with Crippen molar-refractivity contribution in [2.45, 2.75) is 0 Å². The van der Waals surface area contributed by atoms with Crippen molar-refractivity contribution in [2.75, 3.05) is 0 Å². The Kier molecular flexibility index (Phi) is 3.10. The first-order chi connectivity index (χ1) is 1.91. The van der Waals surface area contributed by atoms with Gasteiger partial charge in [-0.1, -0.05) is 0 Å². The van der Waals surface area contributed by atoms with Crippen LogP contribution in [0.25, 0.3) is 0 Å². The molecule has 0 heterocycles. The van der Waals surface area contributed by atoms with Crippen LogP contribution in [0.5, 0.6) is 0 Å². The topological polar surface area (TPSA) is 17.1 Å². The van der Waals surface area contributed by atoms with Gasteiger partial charge in [0.05, 0.1) is 0 Å². The van der Waals surface area contributed by atoms with Gasteiger partial charge in [0.2, 0.25) is 0 Å². The number of rotatable bonds is 1. The zero-order chi connectivity index (χ0) is 3.41. The summed E-state index contributed by atoms with van der Waals surface area (Å²) in [5.41, 5.74) is 0. The SMILES string of the molecule is C=C[Se]=O. The fraction of sp³-hybridized carbons (Fsp3) is 0. The molecule has 0 aliphatic carbocycles. The van der Waals surface area contributed by atoms with Crippen LogP contribution in [0.1, 0.15) is 0 Å². The van der Waals surface area contributed by atoms with Gasteiger partial charge in [-0.2, -0.15) is 0 Å². The summed E-state index contributed by atoms with van der Waals surface area (Å²) in [4.78, 5) is 1.38. The molecule has 0 spiro atoms. The molecule has 0 aromatic carbocycles. The van der Waals surface area contributed by atoms with Crippen LogP contribution in [0, 0.1) is 0 Å². The van der Waals surface area contributed by atoms with Gasteiger partial charge in [-0.15, -0.1) is 0 Å². The Bertz CT molecular complexity index is 27.0. The number of hydrogen-bond acceptors (Lipinski definition) is 1. The van der Waals surface area contributed by atoms with Crippen molar-refractivity contribution in [3.05, 3.63) is 11.6 Å². The summed E-state index contributed by atoms with van der Waals surface area (Å²) in [5.74, 6) is 0. The van der Waals surface area contributed by atoms with E-state index in [1.54, 1.807) is 0 Å². The van der Waals surface area contributed by atoms with Gasteiger partial charge in [-0.05, 0) is 0 Å². The average molecular weight is 122 g/mol. The molecular formula is C2H3OSe. The monoisotopic (exact) mass is 123 g/mol. The molecule has 0 atom stereocenters. The van der Waals surface area contributed by atoms with Crippen LogP contribution in [0.15, 0.2) is 11.6 Å². The molecule has 0 unspecified atom stereocenters. The Morgan fingerprint density at radius 1 is 2.00 bits per heavy atom. The normalized spacial score (nSPS) is 5.00. The predicted molar refractivity (Wildman–Crippen MR) is 16.6 cm³/mol. The van der Waals surface area contributed by atoms with Crippen molar-refractivity contribution < 1.29 is 3.83 Å². The molecule has 4 heavy (non-hydrogen) atoms. The van der Waals surface area contributed by atoms with Gasteiger partial charge in [-0.25, -0.2) is 0 Å². The summed E-state index contributed by atoms with van der Waals surface area (Å²) in [6, 6.07) is 0. The fourth-order valence-electron chi connectivity index (χ4n) is 0. The third-order valence-electron chi connectivity index (χ3n) is 0.0680. The molecular weight excluding hydrogens is 119 g/mol. The van der Waals surface area contributed by atoms with E-state index in [9.17, 15) is 3.83 Å². The Hall–Kier alpha value is 0.0595. The second kappa shape index (κ2) is 3.06. The molecule has 0 saturated heterocycles. The van der Waals surface area contributed by atoms with Gasteiger partial charge in [0.15, 0.2) is 0 Å². The molecule has 0 N–H and O–H groups in total. The summed E-state index contributed by atoms with van der Waals surface area (Å²) in [7, 11) is 0. The predicted octanol–water partition coefficient (Wildman–Crippen LogP) is 0.180. The molecule has 0 saturated carbocycles. The van der Waals surface area contributed by atoms with Gasteiger partial charge >= 0.3 is 30.3 Å². The van der Waals surface area contributed by atoms with E-state index in [1.807, 2.05) is 0 Å². The summed E-state index contributed by atoms with van der Waals surface area (Å²) in [6.07, 6.45) is 0. The van der Waals surface area contributed by atoms with E-state index >= 15 is 0 Å². The van der Waals surface area contributed by atoms with Crippen molar-refractivity contribution in [3.8, 4) is 0 Å². The van der Waals surface area contributed by atoms with Gasteiger partial charge in [0.1, 0.15) is 0 Å². The molecule has 0 aromatic heterocycles. The van der Waals surface area contributed by atoms with E-state index in [1.165, 1.54) is 4.97 Å². The molecule has 23 valence electrons. The molecule has 0 rings (SSSR count). The maximum absolute atomic E-state index is 9.24. The molecule has 0 fully saturated rings. The van der Waals surface area contributed by atoms with Crippen molar-refractivity contribution >= 4 is 14.9 Å². The molecule has 0 bridgehead atoms. The van der Waals surface area contributed by atoms with Crippen LogP contribution in [0.2, 0.25) is 0 Å². The van der Waals surface area contributed by atoms with Crippen LogP contribution >= 0.6 is 0 Å². The fourth-order valence-corrected chi connectivity index (χ4v) is 0. The molecule has 1 radical (unpaired) electrons. The second-order valence-corrected chi connectivity index (χ2v) is 1.37. The second-order valence-electron chi connectivity index (χ2n) is 0.263. The Morgan fingerprint density at radius 2 is 2.25 bits per heavy atom. The zero-order valence-corrected chi connectivity index (χ0v) is 3.81. The summed E-state index contributed by atoms with van der Waals surface area (Å²) in [6.45, 7) is 3.19. The zero-order valence-electron chi connectivity index (χ0n) is 2.10. The van der Waals surface area contributed by atoms with E-state index in [0.29, 0.717) is 0 Å². The van der Waals surface area contributed by atoms with Crippen molar-refractivity contribution in [2.24, 2.45) is 0 Å². The molecule has 0 aliphatic heterocycles. The van der Waals surface area contributed by atoms with Crippen LogP contribution in [0.3, 0.4) is 0 Å².